The number of rotatable bonds is 4. The van der Waals surface area contributed by atoms with Gasteiger partial charge < -0.3 is 0 Å². The van der Waals surface area contributed by atoms with Gasteiger partial charge in [0, 0.05) is 17.7 Å². The van der Waals surface area contributed by atoms with Gasteiger partial charge in [0.25, 0.3) is 5.69 Å². The Kier molecular flexibility index (Phi) is 3.90. The highest BCUT2D eigenvalue weighted by Gasteiger charge is 2.09. The van der Waals surface area contributed by atoms with Crippen molar-refractivity contribution in [2.75, 3.05) is 0 Å². The first-order chi connectivity index (χ1) is 10.6. The lowest BCUT2D eigenvalue weighted by atomic mass is 10.2. The molecule has 0 aliphatic rings. The lowest BCUT2D eigenvalue weighted by Crippen LogP contribution is -1.94. The molecule has 9 heteroatoms. The Balaban J connectivity index is 1.97. The van der Waals surface area contributed by atoms with Gasteiger partial charge >= 0.3 is 0 Å². The molecule has 0 saturated carbocycles. The molecule has 1 aromatic carbocycles. The van der Waals surface area contributed by atoms with E-state index in [0.717, 1.165) is 4.88 Å². The molecule has 2 heterocycles. The summed E-state index contributed by atoms with van der Waals surface area (Å²) in [5.41, 5.74) is 0.618. The summed E-state index contributed by atoms with van der Waals surface area (Å²) in [4.78, 5) is 11.2. The maximum Gasteiger partial charge on any atom is 0.270 e. The van der Waals surface area contributed by atoms with Gasteiger partial charge in [-0.15, -0.1) is 11.3 Å². The Morgan fingerprint density at radius 1 is 1.41 bits per heavy atom. The summed E-state index contributed by atoms with van der Waals surface area (Å²) in [7, 11) is 0. The third kappa shape index (κ3) is 2.85. The van der Waals surface area contributed by atoms with Crippen LogP contribution in [0.1, 0.15) is 5.56 Å². The Morgan fingerprint density at radius 2 is 2.27 bits per heavy atom. The summed E-state index contributed by atoms with van der Waals surface area (Å²) in [5.74, 6) is 0.599. The highest BCUT2D eigenvalue weighted by molar-refractivity contribution is 7.71. The number of nitrogens with one attached hydrogen (secondary N) is 1. The van der Waals surface area contributed by atoms with E-state index in [1.54, 1.807) is 12.1 Å². The summed E-state index contributed by atoms with van der Waals surface area (Å²) < 4.78 is 1.84. The number of aromatic amines is 1. The molecule has 0 radical (unpaired) electrons. The zero-order valence-corrected chi connectivity index (χ0v) is 12.7. The van der Waals surface area contributed by atoms with Crippen LogP contribution in [0.5, 0.6) is 0 Å². The predicted molar refractivity (Wildman–Crippen MR) is 86.8 cm³/mol. The van der Waals surface area contributed by atoms with Crippen LogP contribution in [-0.4, -0.2) is 26.0 Å². The van der Waals surface area contributed by atoms with E-state index in [9.17, 15) is 10.1 Å². The highest BCUT2D eigenvalue weighted by Crippen LogP contribution is 2.22. The minimum atomic E-state index is -0.447. The fraction of sp³-hybridized carbons (Fsp3) is 0. The molecule has 22 heavy (non-hydrogen) atoms. The molecule has 0 spiro atoms. The molecule has 0 bridgehead atoms. The van der Waals surface area contributed by atoms with E-state index in [0.29, 0.717) is 16.2 Å². The van der Waals surface area contributed by atoms with Crippen LogP contribution in [0, 0.1) is 14.9 Å². The van der Waals surface area contributed by atoms with Crippen LogP contribution in [0.15, 0.2) is 46.9 Å². The van der Waals surface area contributed by atoms with Gasteiger partial charge in [-0.25, -0.2) is 5.10 Å². The Morgan fingerprint density at radius 3 is 3.00 bits per heavy atom. The van der Waals surface area contributed by atoms with Crippen molar-refractivity contribution in [3.05, 3.63) is 62.2 Å². The fourth-order valence-corrected chi connectivity index (χ4v) is 2.68. The molecular formula is C13H9N5O2S2. The van der Waals surface area contributed by atoms with Gasteiger partial charge in [-0.1, -0.05) is 18.2 Å². The SMILES string of the molecule is O=[N+]([O-])c1cccc(/C=N/n2c(-c3cccs3)n[nH]c2=S)c1. The van der Waals surface area contributed by atoms with E-state index >= 15 is 0 Å². The first-order valence-electron chi connectivity index (χ1n) is 6.15. The van der Waals surface area contributed by atoms with E-state index in [2.05, 4.69) is 15.3 Å². The topological polar surface area (TPSA) is 89.1 Å². The van der Waals surface area contributed by atoms with Crippen LogP contribution in [0.2, 0.25) is 0 Å². The van der Waals surface area contributed by atoms with Crippen molar-refractivity contribution < 1.29 is 4.92 Å². The molecule has 7 nitrogen and oxygen atoms in total. The molecule has 0 unspecified atom stereocenters. The van der Waals surface area contributed by atoms with Gasteiger partial charge in [-0.2, -0.15) is 14.9 Å². The number of benzene rings is 1. The third-order valence-corrected chi connectivity index (χ3v) is 3.93. The number of aromatic nitrogens is 3. The highest BCUT2D eigenvalue weighted by atomic mass is 32.1. The van der Waals surface area contributed by atoms with Gasteiger partial charge in [0.2, 0.25) is 4.77 Å². The quantitative estimate of drug-likeness (QED) is 0.343. The average molecular weight is 331 g/mol. The van der Waals surface area contributed by atoms with Crippen molar-refractivity contribution in [3.63, 3.8) is 0 Å². The minimum absolute atomic E-state index is 0.0122. The number of hydrogen-bond donors (Lipinski definition) is 1. The van der Waals surface area contributed by atoms with Crippen molar-refractivity contribution in [1.82, 2.24) is 14.9 Å². The van der Waals surface area contributed by atoms with Crippen molar-refractivity contribution >= 4 is 35.5 Å². The molecule has 2 aromatic heterocycles. The summed E-state index contributed by atoms with van der Waals surface area (Å²) >= 11 is 6.68. The second-order valence-corrected chi connectivity index (χ2v) is 5.57. The van der Waals surface area contributed by atoms with E-state index in [1.165, 1.54) is 34.4 Å². The third-order valence-electron chi connectivity index (χ3n) is 2.80. The number of non-ortho nitro benzene ring substituents is 1. The van der Waals surface area contributed by atoms with Crippen LogP contribution >= 0.6 is 23.6 Å². The zero-order chi connectivity index (χ0) is 15.5. The van der Waals surface area contributed by atoms with Crippen molar-refractivity contribution in [2.24, 2.45) is 5.10 Å². The van der Waals surface area contributed by atoms with Crippen LogP contribution in [0.25, 0.3) is 10.7 Å². The lowest BCUT2D eigenvalue weighted by molar-refractivity contribution is -0.384. The van der Waals surface area contributed by atoms with E-state index in [4.69, 9.17) is 12.2 Å². The lowest BCUT2D eigenvalue weighted by Gasteiger charge is -1.98. The zero-order valence-electron chi connectivity index (χ0n) is 11.0. The number of H-pyrrole nitrogens is 1. The molecule has 3 aromatic rings. The summed E-state index contributed by atoms with van der Waals surface area (Å²) in [6, 6.07) is 10.0. The van der Waals surface area contributed by atoms with Crippen LogP contribution in [0.3, 0.4) is 0 Å². The summed E-state index contributed by atoms with van der Waals surface area (Å²) in [5, 5.41) is 23.8. The summed E-state index contributed by atoms with van der Waals surface area (Å²) in [6.45, 7) is 0. The minimum Gasteiger partial charge on any atom is -0.258 e. The Hall–Kier alpha value is -2.65. The second-order valence-electron chi connectivity index (χ2n) is 4.24. The first-order valence-corrected chi connectivity index (χ1v) is 7.44. The number of hydrogen-bond acceptors (Lipinski definition) is 6. The van der Waals surface area contributed by atoms with Crippen LogP contribution in [0.4, 0.5) is 5.69 Å². The first kappa shape index (κ1) is 14.3. The molecule has 0 saturated heterocycles. The maximum absolute atomic E-state index is 10.8. The number of nitro groups is 1. The van der Waals surface area contributed by atoms with Crippen LogP contribution in [-0.2, 0) is 0 Å². The van der Waals surface area contributed by atoms with E-state index in [1.807, 2.05) is 17.5 Å². The van der Waals surface area contributed by atoms with E-state index < -0.39 is 4.92 Å². The molecule has 0 aliphatic heterocycles. The molecular weight excluding hydrogens is 322 g/mol. The molecule has 0 aliphatic carbocycles. The molecule has 0 amide bonds. The second kappa shape index (κ2) is 6.00. The monoisotopic (exact) mass is 331 g/mol. The smallest absolute Gasteiger partial charge is 0.258 e. The molecule has 0 fully saturated rings. The fourth-order valence-electron chi connectivity index (χ4n) is 1.81. The van der Waals surface area contributed by atoms with Crippen molar-refractivity contribution in [3.8, 4) is 10.7 Å². The van der Waals surface area contributed by atoms with E-state index in [-0.39, 0.29) is 5.69 Å². The van der Waals surface area contributed by atoms with Gasteiger partial charge in [0.05, 0.1) is 16.0 Å². The largest absolute Gasteiger partial charge is 0.270 e. The van der Waals surface area contributed by atoms with Crippen molar-refractivity contribution in [2.45, 2.75) is 0 Å². The number of thiophene rings is 1. The van der Waals surface area contributed by atoms with Crippen molar-refractivity contribution in [1.29, 1.82) is 0 Å². The molecule has 0 atom stereocenters. The maximum atomic E-state index is 10.8. The molecule has 110 valence electrons. The summed E-state index contributed by atoms with van der Waals surface area (Å²) in [6.07, 6.45) is 1.51. The Bertz CT molecular complexity index is 895. The molecule has 3 rings (SSSR count). The molecule has 1 N–H and O–H groups in total. The van der Waals surface area contributed by atoms with Gasteiger partial charge in [-0.05, 0) is 23.7 Å². The van der Waals surface area contributed by atoms with Gasteiger partial charge in [0.1, 0.15) is 0 Å². The normalized spacial score (nSPS) is 11.1. The van der Waals surface area contributed by atoms with Gasteiger partial charge in [0.15, 0.2) is 5.82 Å². The van der Waals surface area contributed by atoms with Gasteiger partial charge in [-0.3, -0.25) is 10.1 Å². The number of nitrogens with zero attached hydrogens (tertiary/aromatic N) is 4. The standard InChI is InChI=1S/C13H9N5O2S2/c19-18(20)10-4-1-3-9(7-10)8-14-17-12(15-16-13(17)21)11-5-2-6-22-11/h1-8H,(H,16,21)/b14-8+. The Labute approximate surface area is 133 Å². The number of nitro benzene ring substituents is 1. The van der Waals surface area contributed by atoms with Crippen LogP contribution < -0.4 is 0 Å². The average Bonchev–Trinajstić information content (AvgIpc) is 3.15. The predicted octanol–water partition coefficient (Wildman–Crippen LogP) is 3.46.